The predicted molar refractivity (Wildman–Crippen MR) is 91.4 cm³/mol. The first-order valence-electron chi connectivity index (χ1n) is 7.97. The molecule has 1 aromatic heterocycles. The Balaban J connectivity index is 2.04. The van der Waals surface area contributed by atoms with Crippen molar-refractivity contribution >= 4 is 22.4 Å². The minimum atomic E-state index is -0.179. The van der Waals surface area contributed by atoms with Crippen LogP contribution in [0.1, 0.15) is 59.4 Å². The van der Waals surface area contributed by atoms with Gasteiger partial charge in [0.15, 0.2) is 0 Å². The van der Waals surface area contributed by atoms with E-state index in [1.165, 1.54) is 0 Å². The van der Waals surface area contributed by atoms with Crippen molar-refractivity contribution in [2.45, 2.75) is 65.3 Å². The van der Waals surface area contributed by atoms with E-state index in [-0.39, 0.29) is 22.8 Å². The lowest BCUT2D eigenvalue weighted by molar-refractivity contribution is -0.126. The number of nitrogens with one attached hydrogen (secondary N) is 1. The van der Waals surface area contributed by atoms with E-state index in [1.807, 2.05) is 20.8 Å². The molecule has 0 saturated carbocycles. The van der Waals surface area contributed by atoms with Gasteiger partial charge in [0.2, 0.25) is 11.0 Å². The Hall–Kier alpha value is -1.17. The van der Waals surface area contributed by atoms with E-state index < -0.39 is 0 Å². The Bertz CT molecular complexity index is 527. The summed E-state index contributed by atoms with van der Waals surface area (Å²) in [6, 6.07) is 0. The first-order chi connectivity index (χ1) is 10.1. The van der Waals surface area contributed by atoms with E-state index >= 15 is 0 Å². The maximum absolute atomic E-state index is 12.4. The predicted octanol–water partition coefficient (Wildman–Crippen LogP) is 2.97. The largest absolute Gasteiger partial charge is 0.351 e. The van der Waals surface area contributed by atoms with Crippen molar-refractivity contribution in [3.8, 4) is 0 Å². The molecule has 0 spiro atoms. The van der Waals surface area contributed by atoms with Crippen LogP contribution >= 0.6 is 11.3 Å². The third-order valence-corrected chi connectivity index (χ3v) is 5.03. The molecule has 1 amide bonds. The molecule has 2 heterocycles. The number of amides is 1. The highest BCUT2D eigenvalue weighted by atomic mass is 32.1. The van der Waals surface area contributed by atoms with Crippen molar-refractivity contribution in [3.05, 3.63) is 5.01 Å². The van der Waals surface area contributed by atoms with Crippen LogP contribution in [0.3, 0.4) is 0 Å². The molecule has 1 aromatic rings. The summed E-state index contributed by atoms with van der Waals surface area (Å²) in [4.78, 5) is 14.6. The average Bonchev–Trinajstić information content (AvgIpc) is 2.86. The summed E-state index contributed by atoms with van der Waals surface area (Å²) >= 11 is 1.65. The second-order valence-electron chi connectivity index (χ2n) is 8.16. The van der Waals surface area contributed by atoms with Gasteiger partial charge in [-0.25, -0.2) is 0 Å². The summed E-state index contributed by atoms with van der Waals surface area (Å²) in [5.41, 5.74) is -0.157. The highest BCUT2D eigenvalue weighted by Gasteiger charge is 2.30. The molecule has 22 heavy (non-hydrogen) atoms. The summed E-state index contributed by atoms with van der Waals surface area (Å²) in [5, 5.41) is 13.7. The molecule has 124 valence electrons. The maximum Gasteiger partial charge on any atom is 0.225 e. The second kappa shape index (κ2) is 6.14. The van der Waals surface area contributed by atoms with Crippen LogP contribution < -0.4 is 10.2 Å². The second-order valence-corrected chi connectivity index (χ2v) is 9.12. The molecule has 1 saturated heterocycles. The van der Waals surface area contributed by atoms with Gasteiger partial charge in [0.25, 0.3) is 0 Å². The molecular weight excluding hydrogens is 296 g/mol. The minimum Gasteiger partial charge on any atom is -0.351 e. The molecule has 1 unspecified atom stereocenters. The van der Waals surface area contributed by atoms with Gasteiger partial charge in [-0.05, 0) is 33.6 Å². The van der Waals surface area contributed by atoms with Crippen molar-refractivity contribution < 1.29 is 4.79 Å². The minimum absolute atomic E-state index is 0.0225. The van der Waals surface area contributed by atoms with Gasteiger partial charge >= 0.3 is 0 Å². The fourth-order valence-corrected chi connectivity index (χ4v) is 3.42. The zero-order chi connectivity index (χ0) is 16.5. The summed E-state index contributed by atoms with van der Waals surface area (Å²) < 4.78 is 0. The number of aromatic nitrogens is 2. The fourth-order valence-electron chi connectivity index (χ4n) is 2.48. The number of nitrogens with zero attached hydrogens (tertiary/aromatic N) is 3. The average molecular weight is 324 g/mol. The first kappa shape index (κ1) is 17.2. The van der Waals surface area contributed by atoms with Crippen LogP contribution in [-0.2, 0) is 10.2 Å². The summed E-state index contributed by atoms with van der Waals surface area (Å²) in [6.07, 6.45) is 1.97. The number of hydrogen-bond acceptors (Lipinski definition) is 5. The molecule has 0 bridgehead atoms. The van der Waals surface area contributed by atoms with Crippen LogP contribution in [0, 0.1) is 5.92 Å². The van der Waals surface area contributed by atoms with Gasteiger partial charge in [0, 0.05) is 24.0 Å². The van der Waals surface area contributed by atoms with E-state index in [0.717, 1.165) is 36.1 Å². The molecule has 6 heteroatoms. The van der Waals surface area contributed by atoms with Crippen LogP contribution in [0.25, 0.3) is 0 Å². The van der Waals surface area contributed by atoms with E-state index in [2.05, 4.69) is 41.2 Å². The number of carbonyl (C=O) groups is 1. The summed E-state index contributed by atoms with van der Waals surface area (Å²) in [7, 11) is 0. The molecular formula is C16H28N4OS. The number of rotatable bonds is 2. The third kappa shape index (κ3) is 4.41. The monoisotopic (exact) mass is 324 g/mol. The molecule has 1 aliphatic rings. The lowest BCUT2D eigenvalue weighted by atomic mass is 9.96. The molecule has 5 nitrogen and oxygen atoms in total. The van der Waals surface area contributed by atoms with Gasteiger partial charge in [-0.3, -0.25) is 4.79 Å². The van der Waals surface area contributed by atoms with Crippen molar-refractivity contribution in [1.82, 2.24) is 15.5 Å². The van der Waals surface area contributed by atoms with Crippen LogP contribution in [-0.4, -0.2) is 34.7 Å². The van der Waals surface area contributed by atoms with Gasteiger partial charge in [0.1, 0.15) is 5.01 Å². The van der Waals surface area contributed by atoms with E-state index in [0.29, 0.717) is 0 Å². The Morgan fingerprint density at radius 2 is 1.91 bits per heavy atom. The lowest BCUT2D eigenvalue weighted by Gasteiger charge is -2.33. The van der Waals surface area contributed by atoms with E-state index in [4.69, 9.17) is 0 Å². The highest BCUT2D eigenvalue weighted by molar-refractivity contribution is 7.15. The number of hydrogen-bond donors (Lipinski definition) is 1. The van der Waals surface area contributed by atoms with Crippen molar-refractivity contribution in [3.63, 3.8) is 0 Å². The Morgan fingerprint density at radius 3 is 2.45 bits per heavy atom. The Morgan fingerprint density at radius 1 is 1.23 bits per heavy atom. The van der Waals surface area contributed by atoms with Crippen LogP contribution in [0.2, 0.25) is 0 Å². The zero-order valence-corrected chi connectivity index (χ0v) is 15.4. The van der Waals surface area contributed by atoms with Crippen molar-refractivity contribution in [1.29, 1.82) is 0 Å². The molecule has 0 aliphatic carbocycles. The molecule has 1 aliphatic heterocycles. The van der Waals surface area contributed by atoms with Crippen LogP contribution in [0.15, 0.2) is 0 Å². The quantitative estimate of drug-likeness (QED) is 0.908. The Labute approximate surface area is 137 Å². The molecule has 0 radical (unpaired) electrons. The maximum atomic E-state index is 12.4. The number of carbonyl (C=O) groups excluding carboxylic acids is 1. The zero-order valence-electron chi connectivity index (χ0n) is 14.6. The van der Waals surface area contributed by atoms with Crippen molar-refractivity contribution in [2.75, 3.05) is 18.0 Å². The van der Waals surface area contributed by atoms with Crippen LogP contribution in [0.5, 0.6) is 0 Å². The molecule has 2 rings (SSSR count). The van der Waals surface area contributed by atoms with Gasteiger partial charge in [-0.2, -0.15) is 0 Å². The normalized spacial score (nSPS) is 20.1. The van der Waals surface area contributed by atoms with Crippen molar-refractivity contribution in [2.24, 2.45) is 5.92 Å². The van der Waals surface area contributed by atoms with E-state index in [1.54, 1.807) is 11.3 Å². The lowest BCUT2D eigenvalue weighted by Crippen LogP contribution is -2.48. The van der Waals surface area contributed by atoms with Gasteiger partial charge in [-0.15, -0.1) is 10.2 Å². The summed E-state index contributed by atoms with van der Waals surface area (Å²) in [6.45, 7) is 14.2. The third-order valence-electron chi connectivity index (χ3n) is 3.62. The van der Waals surface area contributed by atoms with Gasteiger partial charge in [0.05, 0.1) is 5.92 Å². The van der Waals surface area contributed by atoms with Gasteiger partial charge in [-0.1, -0.05) is 32.1 Å². The Kier molecular flexibility index (Phi) is 4.80. The van der Waals surface area contributed by atoms with E-state index in [9.17, 15) is 4.79 Å². The molecule has 1 atom stereocenters. The first-order valence-corrected chi connectivity index (χ1v) is 8.79. The van der Waals surface area contributed by atoms with Crippen LogP contribution in [0.4, 0.5) is 5.13 Å². The number of anilines is 1. The number of piperidine rings is 1. The topological polar surface area (TPSA) is 58.1 Å². The summed E-state index contributed by atoms with van der Waals surface area (Å²) in [5.74, 6) is 0.188. The molecule has 1 fully saturated rings. The van der Waals surface area contributed by atoms with Gasteiger partial charge < -0.3 is 10.2 Å². The SMILES string of the molecule is CC(C)(C)NC(=O)C1CCCN(c2nnc(C(C)(C)C)s2)C1. The molecule has 0 aromatic carbocycles. The standard InChI is InChI=1S/C16H28N4OS/c1-15(2,3)13-18-19-14(22-13)20-9-7-8-11(10-20)12(21)17-16(4,5)6/h11H,7-10H2,1-6H3,(H,17,21). The highest BCUT2D eigenvalue weighted by Crippen LogP contribution is 2.32. The molecule has 1 N–H and O–H groups in total. The smallest absolute Gasteiger partial charge is 0.225 e. The fraction of sp³-hybridized carbons (Fsp3) is 0.812.